The summed E-state index contributed by atoms with van der Waals surface area (Å²) in [6, 6.07) is 6.29. The van der Waals surface area contributed by atoms with Gasteiger partial charge in [-0.25, -0.2) is 0 Å². The average molecular weight is 350 g/mol. The minimum Gasteiger partial charge on any atom is -0.493 e. The molecule has 0 heterocycles. The lowest BCUT2D eigenvalue weighted by atomic mass is 10.1. The molecule has 0 fully saturated rings. The van der Waals surface area contributed by atoms with Crippen LogP contribution in [0.1, 0.15) is 84.1 Å². The predicted octanol–water partition coefficient (Wildman–Crippen LogP) is 6.10. The maximum atomic E-state index is 6.08. The van der Waals surface area contributed by atoms with Crippen molar-refractivity contribution in [2.75, 3.05) is 19.8 Å². The quantitative estimate of drug-likeness (QED) is 0.365. The van der Waals surface area contributed by atoms with E-state index < -0.39 is 0 Å². The summed E-state index contributed by atoms with van der Waals surface area (Å²) in [4.78, 5) is 0. The van der Waals surface area contributed by atoms with E-state index in [9.17, 15) is 0 Å². The van der Waals surface area contributed by atoms with Crippen LogP contribution in [0.3, 0.4) is 0 Å². The van der Waals surface area contributed by atoms with Gasteiger partial charge < -0.3 is 14.8 Å². The Morgan fingerprint density at radius 2 is 1.44 bits per heavy atom. The highest BCUT2D eigenvalue weighted by Crippen LogP contribution is 2.26. The molecule has 0 aromatic heterocycles. The third kappa shape index (κ3) is 10.4. The van der Waals surface area contributed by atoms with Crippen LogP contribution in [0.2, 0.25) is 0 Å². The Balaban J connectivity index is 2.53. The van der Waals surface area contributed by atoms with Crippen molar-refractivity contribution in [3.05, 3.63) is 23.8 Å². The molecule has 3 heteroatoms. The van der Waals surface area contributed by atoms with E-state index in [1.54, 1.807) is 0 Å². The predicted molar refractivity (Wildman–Crippen MR) is 108 cm³/mol. The lowest BCUT2D eigenvalue weighted by Gasteiger charge is -2.14. The van der Waals surface area contributed by atoms with Crippen LogP contribution in [0.15, 0.2) is 18.2 Å². The van der Waals surface area contributed by atoms with Gasteiger partial charge in [-0.2, -0.15) is 0 Å². The van der Waals surface area contributed by atoms with E-state index in [0.717, 1.165) is 57.1 Å². The van der Waals surface area contributed by atoms with Gasteiger partial charge in [0.25, 0.3) is 0 Å². The van der Waals surface area contributed by atoms with Crippen molar-refractivity contribution in [2.24, 2.45) is 0 Å². The van der Waals surface area contributed by atoms with Gasteiger partial charge in [0.1, 0.15) is 11.5 Å². The van der Waals surface area contributed by atoms with Crippen LogP contribution in [0.25, 0.3) is 0 Å². The monoisotopic (exact) mass is 349 g/mol. The summed E-state index contributed by atoms with van der Waals surface area (Å²) in [7, 11) is 0. The van der Waals surface area contributed by atoms with Crippen molar-refractivity contribution in [2.45, 2.75) is 85.1 Å². The molecule has 0 spiro atoms. The molecule has 1 aromatic carbocycles. The van der Waals surface area contributed by atoms with E-state index in [2.05, 4.69) is 44.3 Å². The summed E-state index contributed by atoms with van der Waals surface area (Å²) in [6.45, 7) is 10.1. The van der Waals surface area contributed by atoms with Crippen LogP contribution in [0, 0.1) is 0 Å². The molecule has 0 bridgehead atoms. The first-order valence-corrected chi connectivity index (χ1v) is 10.4. The maximum absolute atomic E-state index is 6.08. The second-order valence-electron chi connectivity index (χ2n) is 6.76. The third-order valence-corrected chi connectivity index (χ3v) is 4.30. The standard InChI is InChI=1S/C22H39NO2/c1-4-7-9-11-16-24-21-14-13-20(19-23-15-6-3)22(18-21)25-17-12-10-8-5-2/h13-14,18,23H,4-12,15-17,19H2,1-3H3. The summed E-state index contributed by atoms with van der Waals surface area (Å²) in [6.07, 6.45) is 11.0. The van der Waals surface area contributed by atoms with Crippen LogP contribution >= 0.6 is 0 Å². The summed E-state index contributed by atoms with van der Waals surface area (Å²) < 4.78 is 12.0. The zero-order valence-corrected chi connectivity index (χ0v) is 16.7. The van der Waals surface area contributed by atoms with Crippen molar-refractivity contribution < 1.29 is 9.47 Å². The first kappa shape index (κ1) is 21.8. The van der Waals surface area contributed by atoms with Gasteiger partial charge in [0.2, 0.25) is 0 Å². The molecule has 144 valence electrons. The van der Waals surface area contributed by atoms with E-state index in [4.69, 9.17) is 9.47 Å². The molecule has 3 nitrogen and oxygen atoms in total. The van der Waals surface area contributed by atoms with Crippen LogP contribution in [0.4, 0.5) is 0 Å². The Hall–Kier alpha value is -1.22. The van der Waals surface area contributed by atoms with E-state index >= 15 is 0 Å². The van der Waals surface area contributed by atoms with E-state index in [0.29, 0.717) is 0 Å². The van der Waals surface area contributed by atoms with Crippen molar-refractivity contribution in [1.82, 2.24) is 5.32 Å². The van der Waals surface area contributed by atoms with Crippen molar-refractivity contribution in [3.8, 4) is 11.5 Å². The fraction of sp³-hybridized carbons (Fsp3) is 0.727. The lowest BCUT2D eigenvalue weighted by Crippen LogP contribution is -2.15. The van der Waals surface area contributed by atoms with Crippen LogP contribution in [-0.4, -0.2) is 19.8 Å². The van der Waals surface area contributed by atoms with Gasteiger partial charge in [0, 0.05) is 18.2 Å². The minimum absolute atomic E-state index is 0.792. The number of unbranched alkanes of at least 4 members (excludes halogenated alkanes) is 6. The molecule has 0 aliphatic heterocycles. The molecular weight excluding hydrogens is 310 g/mol. The van der Waals surface area contributed by atoms with Crippen LogP contribution < -0.4 is 14.8 Å². The molecule has 0 aliphatic carbocycles. The minimum atomic E-state index is 0.792. The number of hydrogen-bond acceptors (Lipinski definition) is 3. The van der Waals surface area contributed by atoms with Gasteiger partial charge in [0.15, 0.2) is 0 Å². The van der Waals surface area contributed by atoms with Gasteiger partial charge in [-0.15, -0.1) is 0 Å². The van der Waals surface area contributed by atoms with Gasteiger partial charge in [-0.1, -0.05) is 65.4 Å². The Morgan fingerprint density at radius 1 is 0.760 bits per heavy atom. The summed E-state index contributed by atoms with van der Waals surface area (Å²) in [5.74, 6) is 1.91. The Labute approximate surface area is 155 Å². The normalized spacial score (nSPS) is 10.8. The smallest absolute Gasteiger partial charge is 0.127 e. The number of benzene rings is 1. The molecule has 25 heavy (non-hydrogen) atoms. The van der Waals surface area contributed by atoms with Gasteiger partial charge in [-0.05, 0) is 31.9 Å². The topological polar surface area (TPSA) is 30.5 Å². The van der Waals surface area contributed by atoms with Crippen molar-refractivity contribution in [1.29, 1.82) is 0 Å². The SMILES string of the molecule is CCCCCCOc1ccc(CNCCC)c(OCCCCCC)c1. The largest absolute Gasteiger partial charge is 0.493 e. The Bertz CT molecular complexity index is 434. The van der Waals surface area contributed by atoms with Crippen LogP contribution in [0.5, 0.6) is 11.5 Å². The van der Waals surface area contributed by atoms with Crippen molar-refractivity contribution >= 4 is 0 Å². The fourth-order valence-electron chi connectivity index (χ4n) is 2.73. The maximum Gasteiger partial charge on any atom is 0.127 e. The van der Waals surface area contributed by atoms with Gasteiger partial charge in [0.05, 0.1) is 13.2 Å². The van der Waals surface area contributed by atoms with E-state index in [1.165, 1.54) is 44.1 Å². The number of ether oxygens (including phenoxy) is 2. The third-order valence-electron chi connectivity index (χ3n) is 4.30. The molecule has 0 aliphatic rings. The molecule has 0 saturated heterocycles. The van der Waals surface area contributed by atoms with E-state index in [-0.39, 0.29) is 0 Å². The first-order valence-electron chi connectivity index (χ1n) is 10.4. The molecule has 0 unspecified atom stereocenters. The van der Waals surface area contributed by atoms with Crippen LogP contribution in [-0.2, 0) is 6.54 Å². The van der Waals surface area contributed by atoms with Gasteiger partial charge in [-0.3, -0.25) is 0 Å². The summed E-state index contributed by atoms with van der Waals surface area (Å²) in [5, 5.41) is 3.47. The highest BCUT2D eigenvalue weighted by atomic mass is 16.5. The highest BCUT2D eigenvalue weighted by Gasteiger charge is 2.06. The molecular formula is C22H39NO2. The summed E-state index contributed by atoms with van der Waals surface area (Å²) in [5.41, 5.74) is 1.22. The lowest BCUT2D eigenvalue weighted by molar-refractivity contribution is 0.288. The number of rotatable bonds is 16. The van der Waals surface area contributed by atoms with Gasteiger partial charge >= 0.3 is 0 Å². The molecule has 0 atom stereocenters. The molecule has 0 radical (unpaired) electrons. The van der Waals surface area contributed by atoms with E-state index in [1.807, 2.05) is 0 Å². The molecule has 1 rings (SSSR count). The number of hydrogen-bond donors (Lipinski definition) is 1. The molecule has 1 N–H and O–H groups in total. The number of nitrogens with one attached hydrogen (secondary N) is 1. The van der Waals surface area contributed by atoms with Crippen molar-refractivity contribution in [3.63, 3.8) is 0 Å². The fourth-order valence-corrected chi connectivity index (χ4v) is 2.73. The Morgan fingerprint density at radius 3 is 2.08 bits per heavy atom. The molecule has 1 aromatic rings. The molecule has 0 amide bonds. The highest BCUT2D eigenvalue weighted by molar-refractivity contribution is 5.40. The second-order valence-corrected chi connectivity index (χ2v) is 6.76. The second kappa shape index (κ2) is 15.1. The Kier molecular flexibility index (Phi) is 13.2. The molecule has 0 saturated carbocycles. The zero-order chi connectivity index (χ0) is 18.2. The zero-order valence-electron chi connectivity index (χ0n) is 16.7. The average Bonchev–Trinajstić information content (AvgIpc) is 2.63. The summed E-state index contributed by atoms with van der Waals surface area (Å²) >= 11 is 0. The first-order chi connectivity index (χ1) is 12.3.